The molecule has 0 radical (unpaired) electrons. The largest absolute Gasteiger partial charge is 0.328 e. The molecule has 0 spiro atoms. The van der Waals surface area contributed by atoms with Gasteiger partial charge in [0.25, 0.3) is 0 Å². The maximum atomic E-state index is 11.9. The van der Waals surface area contributed by atoms with E-state index in [1.807, 2.05) is 7.05 Å². The van der Waals surface area contributed by atoms with Gasteiger partial charge in [-0.1, -0.05) is 0 Å². The van der Waals surface area contributed by atoms with E-state index in [1.165, 1.54) is 0 Å². The van der Waals surface area contributed by atoms with Crippen LogP contribution in [0.5, 0.6) is 0 Å². The highest BCUT2D eigenvalue weighted by molar-refractivity contribution is 5.95. The predicted octanol–water partition coefficient (Wildman–Crippen LogP) is 0.0259. The summed E-state index contributed by atoms with van der Waals surface area (Å²) >= 11 is 0. The molecule has 2 rings (SSSR count). The summed E-state index contributed by atoms with van der Waals surface area (Å²) in [5.74, 6) is 0.0936. The van der Waals surface area contributed by atoms with E-state index in [0.717, 1.165) is 25.9 Å². The first-order chi connectivity index (χ1) is 7.65. The fourth-order valence-corrected chi connectivity index (χ4v) is 1.96. The van der Waals surface area contributed by atoms with Crippen LogP contribution in [0.3, 0.4) is 0 Å². The van der Waals surface area contributed by atoms with Gasteiger partial charge < -0.3 is 5.73 Å². The van der Waals surface area contributed by atoms with Gasteiger partial charge in [0.15, 0.2) is 5.78 Å². The first-order valence-electron chi connectivity index (χ1n) is 5.66. The molecule has 0 aliphatic carbocycles. The lowest BCUT2D eigenvalue weighted by molar-refractivity contribution is 0.0904. The normalized spacial score (nSPS) is 18.9. The van der Waals surface area contributed by atoms with Crippen molar-refractivity contribution in [2.75, 3.05) is 19.6 Å². The summed E-state index contributed by atoms with van der Waals surface area (Å²) in [5, 5.41) is 4.11. The van der Waals surface area contributed by atoms with Crippen molar-refractivity contribution in [3.8, 4) is 0 Å². The summed E-state index contributed by atoms with van der Waals surface area (Å²) in [5.41, 5.74) is 6.37. The molecule has 1 aliphatic heterocycles. The minimum absolute atomic E-state index is 0.0936. The van der Waals surface area contributed by atoms with Crippen LogP contribution in [0.25, 0.3) is 0 Å². The summed E-state index contributed by atoms with van der Waals surface area (Å²) in [6.45, 7) is 2.29. The standard InChI is InChI=1S/C11H18N4O/c1-14-5-4-10(13-14)11(16)8-15-6-2-9(12)3-7-15/h4-5,9H,2-3,6-8,12H2,1H3. The first kappa shape index (κ1) is 11.3. The molecule has 2 heterocycles. The second-order valence-electron chi connectivity index (χ2n) is 4.41. The number of aromatic nitrogens is 2. The van der Waals surface area contributed by atoms with Crippen LogP contribution in [-0.4, -0.2) is 46.1 Å². The van der Waals surface area contributed by atoms with E-state index in [2.05, 4.69) is 10.00 Å². The number of nitrogens with zero attached hydrogens (tertiary/aromatic N) is 3. The van der Waals surface area contributed by atoms with Gasteiger partial charge in [0.05, 0.1) is 6.54 Å². The Morgan fingerprint density at radius 1 is 1.56 bits per heavy atom. The number of Topliss-reactive ketones (excluding diaryl/α,β-unsaturated/α-hetero) is 1. The minimum atomic E-state index is 0.0936. The van der Waals surface area contributed by atoms with E-state index >= 15 is 0 Å². The van der Waals surface area contributed by atoms with Crippen molar-refractivity contribution in [2.24, 2.45) is 12.8 Å². The second-order valence-corrected chi connectivity index (χ2v) is 4.41. The number of rotatable bonds is 3. The number of carbonyl (C=O) groups is 1. The van der Waals surface area contributed by atoms with Crippen molar-refractivity contribution in [1.82, 2.24) is 14.7 Å². The van der Waals surface area contributed by atoms with Crippen LogP contribution in [0.4, 0.5) is 0 Å². The number of ketones is 1. The van der Waals surface area contributed by atoms with Gasteiger partial charge in [-0.15, -0.1) is 0 Å². The Kier molecular flexibility index (Phi) is 3.36. The lowest BCUT2D eigenvalue weighted by atomic mass is 10.1. The van der Waals surface area contributed by atoms with Crippen LogP contribution in [0.15, 0.2) is 12.3 Å². The molecule has 5 heteroatoms. The van der Waals surface area contributed by atoms with E-state index in [1.54, 1.807) is 16.9 Å². The van der Waals surface area contributed by atoms with Crippen molar-refractivity contribution in [3.63, 3.8) is 0 Å². The van der Waals surface area contributed by atoms with Crippen LogP contribution >= 0.6 is 0 Å². The van der Waals surface area contributed by atoms with Gasteiger partial charge >= 0.3 is 0 Å². The highest BCUT2D eigenvalue weighted by Crippen LogP contribution is 2.09. The number of nitrogens with two attached hydrogens (primary N) is 1. The fraction of sp³-hybridized carbons (Fsp3) is 0.636. The number of aryl methyl sites for hydroxylation is 1. The molecule has 88 valence electrons. The molecule has 0 bridgehead atoms. The van der Waals surface area contributed by atoms with E-state index in [0.29, 0.717) is 18.3 Å². The SMILES string of the molecule is Cn1ccc(C(=O)CN2CCC(N)CC2)n1. The topological polar surface area (TPSA) is 64.2 Å². The number of hydrogen-bond donors (Lipinski definition) is 1. The molecule has 0 saturated carbocycles. The van der Waals surface area contributed by atoms with Gasteiger partial charge in [-0.05, 0) is 18.9 Å². The number of piperidine rings is 1. The Morgan fingerprint density at radius 2 is 2.25 bits per heavy atom. The summed E-state index contributed by atoms with van der Waals surface area (Å²) in [7, 11) is 1.82. The van der Waals surface area contributed by atoms with Crippen molar-refractivity contribution in [1.29, 1.82) is 0 Å². The average Bonchev–Trinajstić information content (AvgIpc) is 2.68. The highest BCUT2D eigenvalue weighted by atomic mass is 16.1. The van der Waals surface area contributed by atoms with Crippen LogP contribution in [0.1, 0.15) is 23.3 Å². The lowest BCUT2D eigenvalue weighted by Gasteiger charge is -2.29. The Morgan fingerprint density at radius 3 is 2.81 bits per heavy atom. The molecule has 0 atom stereocenters. The van der Waals surface area contributed by atoms with Crippen molar-refractivity contribution < 1.29 is 4.79 Å². The third kappa shape index (κ3) is 2.68. The molecular weight excluding hydrogens is 204 g/mol. The summed E-state index contributed by atoms with van der Waals surface area (Å²) < 4.78 is 1.65. The maximum absolute atomic E-state index is 11.9. The van der Waals surface area contributed by atoms with E-state index in [-0.39, 0.29) is 5.78 Å². The Labute approximate surface area is 95.2 Å². The van der Waals surface area contributed by atoms with E-state index in [9.17, 15) is 4.79 Å². The molecule has 1 saturated heterocycles. The van der Waals surface area contributed by atoms with Crippen molar-refractivity contribution >= 4 is 5.78 Å². The Bertz CT molecular complexity index is 366. The molecule has 0 amide bonds. The lowest BCUT2D eigenvalue weighted by Crippen LogP contribution is -2.42. The summed E-state index contributed by atoms with van der Waals surface area (Å²) in [6.07, 6.45) is 3.75. The molecule has 1 aromatic heterocycles. The zero-order valence-corrected chi connectivity index (χ0v) is 9.59. The molecule has 1 aliphatic rings. The Balaban J connectivity index is 1.88. The Hall–Kier alpha value is -1.20. The van der Waals surface area contributed by atoms with Crippen LogP contribution in [-0.2, 0) is 7.05 Å². The van der Waals surface area contributed by atoms with Gasteiger partial charge in [0, 0.05) is 32.4 Å². The average molecular weight is 222 g/mol. The van der Waals surface area contributed by atoms with Crippen LogP contribution < -0.4 is 5.73 Å². The molecular formula is C11H18N4O. The fourth-order valence-electron chi connectivity index (χ4n) is 1.96. The summed E-state index contributed by atoms with van der Waals surface area (Å²) in [4.78, 5) is 14.0. The van der Waals surface area contributed by atoms with Gasteiger partial charge in [-0.3, -0.25) is 14.4 Å². The van der Waals surface area contributed by atoms with Gasteiger partial charge in [0.2, 0.25) is 0 Å². The van der Waals surface area contributed by atoms with Gasteiger partial charge in [-0.25, -0.2) is 0 Å². The number of hydrogen-bond acceptors (Lipinski definition) is 4. The van der Waals surface area contributed by atoms with Crippen LogP contribution in [0, 0.1) is 0 Å². The molecule has 0 unspecified atom stereocenters. The monoisotopic (exact) mass is 222 g/mol. The smallest absolute Gasteiger partial charge is 0.196 e. The molecule has 1 aromatic rings. The highest BCUT2D eigenvalue weighted by Gasteiger charge is 2.19. The predicted molar refractivity (Wildman–Crippen MR) is 61.2 cm³/mol. The second kappa shape index (κ2) is 4.76. The van der Waals surface area contributed by atoms with Gasteiger partial charge in [-0.2, -0.15) is 5.10 Å². The zero-order chi connectivity index (χ0) is 11.5. The van der Waals surface area contributed by atoms with Gasteiger partial charge in [0.1, 0.15) is 5.69 Å². The zero-order valence-electron chi connectivity index (χ0n) is 9.59. The molecule has 2 N–H and O–H groups in total. The quantitative estimate of drug-likeness (QED) is 0.733. The third-order valence-corrected chi connectivity index (χ3v) is 3.00. The maximum Gasteiger partial charge on any atom is 0.196 e. The molecule has 0 aromatic carbocycles. The molecule has 16 heavy (non-hydrogen) atoms. The summed E-state index contributed by atoms with van der Waals surface area (Å²) in [6, 6.07) is 2.07. The first-order valence-corrected chi connectivity index (χ1v) is 5.66. The van der Waals surface area contributed by atoms with Crippen LogP contribution in [0.2, 0.25) is 0 Å². The van der Waals surface area contributed by atoms with Crippen molar-refractivity contribution in [2.45, 2.75) is 18.9 Å². The van der Waals surface area contributed by atoms with E-state index < -0.39 is 0 Å². The minimum Gasteiger partial charge on any atom is -0.328 e. The molecule has 1 fully saturated rings. The van der Waals surface area contributed by atoms with E-state index in [4.69, 9.17) is 5.73 Å². The number of likely N-dealkylation sites (tertiary alicyclic amines) is 1. The van der Waals surface area contributed by atoms with Crippen molar-refractivity contribution in [3.05, 3.63) is 18.0 Å². The third-order valence-electron chi connectivity index (χ3n) is 3.00. The number of carbonyl (C=O) groups excluding carboxylic acids is 1. The molecule has 5 nitrogen and oxygen atoms in total.